The van der Waals surface area contributed by atoms with Crippen LogP contribution in [-0.4, -0.2) is 25.5 Å². The van der Waals surface area contributed by atoms with Crippen molar-refractivity contribution in [1.82, 2.24) is 5.32 Å². The SMILES string of the molecule is COC1=CC2=CCC[C@@H]3C(=O)[C@@H](C)NCC1=C23. The van der Waals surface area contributed by atoms with E-state index < -0.39 is 0 Å². The lowest BCUT2D eigenvalue weighted by atomic mass is 9.80. The van der Waals surface area contributed by atoms with E-state index in [9.17, 15) is 4.79 Å². The smallest absolute Gasteiger partial charge is 0.156 e. The van der Waals surface area contributed by atoms with Gasteiger partial charge >= 0.3 is 0 Å². The Kier molecular flexibility index (Phi) is 2.44. The molecule has 3 aliphatic rings. The van der Waals surface area contributed by atoms with E-state index in [0.717, 1.165) is 25.1 Å². The monoisotopic (exact) mass is 231 g/mol. The quantitative estimate of drug-likeness (QED) is 0.747. The number of ketones is 1. The highest BCUT2D eigenvalue weighted by Gasteiger charge is 2.38. The summed E-state index contributed by atoms with van der Waals surface area (Å²) in [5.74, 6) is 1.32. The number of hydrogen-bond donors (Lipinski definition) is 1. The first kappa shape index (κ1) is 10.8. The number of Topliss-reactive ketones (excluding diaryl/α,β-unsaturated/α-hetero) is 1. The molecule has 0 aromatic carbocycles. The number of carbonyl (C=O) groups excluding carboxylic acids is 1. The molecule has 3 rings (SSSR count). The van der Waals surface area contributed by atoms with E-state index in [4.69, 9.17) is 4.74 Å². The van der Waals surface area contributed by atoms with Crippen molar-refractivity contribution in [3.05, 3.63) is 34.6 Å². The lowest BCUT2D eigenvalue weighted by Gasteiger charge is -2.23. The number of allylic oxidation sites excluding steroid dienone is 4. The summed E-state index contributed by atoms with van der Waals surface area (Å²) in [6, 6.07) is -0.0527. The molecule has 0 radical (unpaired) electrons. The summed E-state index contributed by atoms with van der Waals surface area (Å²) in [5.41, 5.74) is 3.61. The average molecular weight is 231 g/mol. The minimum Gasteiger partial charge on any atom is -0.496 e. The Bertz CT molecular complexity index is 471. The molecule has 0 fully saturated rings. The van der Waals surface area contributed by atoms with Crippen LogP contribution in [0, 0.1) is 5.92 Å². The van der Waals surface area contributed by atoms with Gasteiger partial charge in [0.1, 0.15) is 5.76 Å². The Hall–Kier alpha value is -1.35. The van der Waals surface area contributed by atoms with Gasteiger partial charge in [0.2, 0.25) is 0 Å². The van der Waals surface area contributed by atoms with Gasteiger partial charge in [0.25, 0.3) is 0 Å². The fraction of sp³-hybridized carbons (Fsp3) is 0.500. The van der Waals surface area contributed by atoms with E-state index in [1.807, 2.05) is 6.92 Å². The van der Waals surface area contributed by atoms with Crippen molar-refractivity contribution < 1.29 is 9.53 Å². The van der Waals surface area contributed by atoms with Crippen LogP contribution in [0.25, 0.3) is 0 Å². The zero-order valence-electron chi connectivity index (χ0n) is 10.2. The minimum atomic E-state index is -0.0527. The van der Waals surface area contributed by atoms with Gasteiger partial charge in [0, 0.05) is 18.0 Å². The largest absolute Gasteiger partial charge is 0.496 e. The predicted octanol–water partition coefficient (Wildman–Crippen LogP) is 1.72. The first-order valence-electron chi connectivity index (χ1n) is 6.19. The summed E-state index contributed by atoms with van der Waals surface area (Å²) in [6.45, 7) is 2.69. The minimum absolute atomic E-state index is 0.0527. The molecule has 1 aliphatic heterocycles. The molecule has 0 amide bonds. The third kappa shape index (κ3) is 1.49. The first-order chi connectivity index (χ1) is 8.22. The Morgan fingerprint density at radius 3 is 3.06 bits per heavy atom. The van der Waals surface area contributed by atoms with Crippen molar-refractivity contribution in [2.45, 2.75) is 25.8 Å². The Labute approximate surface area is 101 Å². The molecule has 0 saturated heterocycles. The maximum Gasteiger partial charge on any atom is 0.156 e. The highest BCUT2D eigenvalue weighted by molar-refractivity contribution is 5.91. The summed E-state index contributed by atoms with van der Waals surface area (Å²) in [7, 11) is 1.70. The molecule has 90 valence electrons. The van der Waals surface area contributed by atoms with E-state index in [-0.39, 0.29) is 12.0 Å². The third-order valence-electron chi connectivity index (χ3n) is 3.96. The van der Waals surface area contributed by atoms with Crippen LogP contribution in [0.3, 0.4) is 0 Å². The molecular formula is C14H17NO2. The fourth-order valence-corrected chi connectivity index (χ4v) is 3.05. The highest BCUT2D eigenvalue weighted by Crippen LogP contribution is 2.42. The van der Waals surface area contributed by atoms with Crippen LogP contribution in [0.5, 0.6) is 0 Å². The molecule has 0 aromatic rings. The van der Waals surface area contributed by atoms with E-state index in [1.165, 1.54) is 16.7 Å². The molecule has 3 nitrogen and oxygen atoms in total. The predicted molar refractivity (Wildman–Crippen MR) is 65.4 cm³/mol. The summed E-state index contributed by atoms with van der Waals surface area (Å²) in [4.78, 5) is 12.3. The van der Waals surface area contributed by atoms with Crippen LogP contribution >= 0.6 is 0 Å². The first-order valence-corrected chi connectivity index (χ1v) is 6.19. The number of nitrogens with one attached hydrogen (secondary N) is 1. The normalized spacial score (nSPS) is 31.8. The molecule has 1 N–H and O–H groups in total. The Balaban J connectivity index is 2.11. The zero-order valence-corrected chi connectivity index (χ0v) is 10.2. The van der Waals surface area contributed by atoms with E-state index in [0.29, 0.717) is 5.78 Å². The summed E-state index contributed by atoms with van der Waals surface area (Å²) in [5, 5.41) is 3.29. The molecule has 3 heteroatoms. The van der Waals surface area contributed by atoms with E-state index >= 15 is 0 Å². The van der Waals surface area contributed by atoms with Crippen LogP contribution in [0.4, 0.5) is 0 Å². The topological polar surface area (TPSA) is 38.3 Å². The van der Waals surface area contributed by atoms with Crippen molar-refractivity contribution in [2.75, 3.05) is 13.7 Å². The van der Waals surface area contributed by atoms with Gasteiger partial charge in [-0.1, -0.05) is 6.08 Å². The fourth-order valence-electron chi connectivity index (χ4n) is 3.05. The number of ether oxygens (including phenoxy) is 1. The molecule has 1 heterocycles. The second kappa shape index (κ2) is 3.84. The van der Waals surface area contributed by atoms with Crippen molar-refractivity contribution in [3.63, 3.8) is 0 Å². The van der Waals surface area contributed by atoms with E-state index in [1.54, 1.807) is 7.11 Å². The summed E-state index contributed by atoms with van der Waals surface area (Å²) < 4.78 is 5.43. The van der Waals surface area contributed by atoms with Crippen molar-refractivity contribution in [3.8, 4) is 0 Å². The zero-order chi connectivity index (χ0) is 12.0. The molecular weight excluding hydrogens is 214 g/mol. The van der Waals surface area contributed by atoms with Crippen LogP contribution in [0.2, 0.25) is 0 Å². The Morgan fingerprint density at radius 1 is 1.47 bits per heavy atom. The van der Waals surface area contributed by atoms with Crippen molar-refractivity contribution in [2.24, 2.45) is 5.92 Å². The molecule has 0 saturated carbocycles. The van der Waals surface area contributed by atoms with Gasteiger partial charge in [0.05, 0.1) is 13.2 Å². The van der Waals surface area contributed by atoms with E-state index in [2.05, 4.69) is 17.5 Å². The van der Waals surface area contributed by atoms with Crippen molar-refractivity contribution in [1.29, 1.82) is 0 Å². The summed E-state index contributed by atoms with van der Waals surface area (Å²) in [6.07, 6.45) is 6.23. The van der Waals surface area contributed by atoms with Gasteiger partial charge in [-0.25, -0.2) is 0 Å². The van der Waals surface area contributed by atoms with Crippen LogP contribution < -0.4 is 5.32 Å². The van der Waals surface area contributed by atoms with Gasteiger partial charge in [-0.05, 0) is 37.0 Å². The second-order valence-electron chi connectivity index (χ2n) is 4.90. The van der Waals surface area contributed by atoms with Crippen LogP contribution in [0.15, 0.2) is 34.6 Å². The molecule has 2 atom stereocenters. The molecule has 17 heavy (non-hydrogen) atoms. The van der Waals surface area contributed by atoms with Gasteiger partial charge in [-0.15, -0.1) is 0 Å². The molecule has 0 bridgehead atoms. The number of carbonyl (C=O) groups is 1. The van der Waals surface area contributed by atoms with Crippen LogP contribution in [-0.2, 0) is 9.53 Å². The van der Waals surface area contributed by atoms with Gasteiger partial charge < -0.3 is 10.1 Å². The highest BCUT2D eigenvalue weighted by atomic mass is 16.5. The van der Waals surface area contributed by atoms with Gasteiger partial charge in [-0.3, -0.25) is 4.79 Å². The standard InChI is InChI=1S/C14H17NO2/c1-8-14(16)10-5-3-4-9-6-12(17-2)11(7-15-8)13(9)10/h4,6,8,10,15H,3,5,7H2,1-2H3/t8-,10+/m1/s1. The maximum absolute atomic E-state index is 12.3. The molecule has 2 aliphatic carbocycles. The van der Waals surface area contributed by atoms with Crippen LogP contribution in [0.1, 0.15) is 19.8 Å². The maximum atomic E-state index is 12.3. The summed E-state index contributed by atoms with van der Waals surface area (Å²) >= 11 is 0. The third-order valence-corrected chi connectivity index (χ3v) is 3.96. The number of rotatable bonds is 1. The second-order valence-corrected chi connectivity index (χ2v) is 4.90. The lowest BCUT2D eigenvalue weighted by Crippen LogP contribution is -2.37. The molecule has 0 aromatic heterocycles. The Morgan fingerprint density at radius 2 is 2.29 bits per heavy atom. The number of methoxy groups -OCH3 is 1. The van der Waals surface area contributed by atoms with Gasteiger partial charge in [0.15, 0.2) is 5.78 Å². The molecule has 0 spiro atoms. The van der Waals surface area contributed by atoms with Gasteiger partial charge in [-0.2, -0.15) is 0 Å². The molecule has 0 unspecified atom stereocenters. The lowest BCUT2D eigenvalue weighted by molar-refractivity contribution is -0.123. The average Bonchev–Trinajstić information content (AvgIpc) is 2.66. The van der Waals surface area contributed by atoms with Crippen molar-refractivity contribution >= 4 is 5.78 Å². The number of hydrogen-bond acceptors (Lipinski definition) is 3.